The summed E-state index contributed by atoms with van der Waals surface area (Å²) in [5, 5.41) is 12.0. The van der Waals surface area contributed by atoms with Crippen molar-refractivity contribution in [3.8, 4) is 0 Å². The summed E-state index contributed by atoms with van der Waals surface area (Å²) >= 11 is 0. The topological polar surface area (TPSA) is 86.7 Å². The Bertz CT molecular complexity index is 398. The number of carboxylic acids is 1. The smallest absolute Gasteiger partial charge is 0.309 e. The molecule has 0 atom stereocenters. The molecule has 1 saturated heterocycles. The van der Waals surface area contributed by atoms with Gasteiger partial charge >= 0.3 is 5.97 Å². The fraction of sp³-hybridized carbons (Fsp3) is 0.800. The molecule has 0 aromatic rings. The molecule has 1 heterocycles. The Kier molecular flexibility index (Phi) is 6.18. The number of rotatable bonds is 6. The van der Waals surface area contributed by atoms with Gasteiger partial charge in [-0.2, -0.15) is 0 Å². The third-order valence-electron chi connectivity index (χ3n) is 3.86. The van der Waals surface area contributed by atoms with Crippen LogP contribution in [0.4, 0.5) is 0 Å². The van der Waals surface area contributed by atoms with Gasteiger partial charge in [-0.15, -0.1) is 0 Å². The molecule has 1 rings (SSSR count). The summed E-state index contributed by atoms with van der Waals surface area (Å²) in [5.74, 6) is -1.02. The Morgan fingerprint density at radius 3 is 2.29 bits per heavy atom. The number of nitrogens with zero attached hydrogens (tertiary/aromatic N) is 1. The van der Waals surface area contributed by atoms with Gasteiger partial charge in [0.05, 0.1) is 5.41 Å². The number of hydrogen-bond donors (Lipinski definition) is 2. The van der Waals surface area contributed by atoms with E-state index in [0.717, 1.165) is 19.3 Å². The normalized spacial score (nSPS) is 16.6. The molecule has 120 valence electrons. The highest BCUT2D eigenvalue weighted by Gasteiger charge is 2.33. The van der Waals surface area contributed by atoms with Crippen molar-refractivity contribution in [1.29, 1.82) is 0 Å². The van der Waals surface area contributed by atoms with E-state index in [-0.39, 0.29) is 24.3 Å². The maximum atomic E-state index is 12.1. The van der Waals surface area contributed by atoms with Crippen LogP contribution in [-0.2, 0) is 14.4 Å². The van der Waals surface area contributed by atoms with Crippen LogP contribution in [0.25, 0.3) is 0 Å². The lowest BCUT2D eigenvalue weighted by Crippen LogP contribution is -2.47. The molecular weight excluding hydrogens is 272 g/mol. The van der Waals surface area contributed by atoms with Gasteiger partial charge in [-0.1, -0.05) is 6.92 Å². The largest absolute Gasteiger partial charge is 0.481 e. The number of nitrogens with one attached hydrogen (secondary N) is 1. The predicted octanol–water partition coefficient (Wildman–Crippen LogP) is 1.39. The minimum atomic E-state index is -1.04. The van der Waals surface area contributed by atoms with Crippen LogP contribution < -0.4 is 5.32 Å². The first-order chi connectivity index (χ1) is 9.76. The Balaban J connectivity index is 2.40. The summed E-state index contributed by atoms with van der Waals surface area (Å²) in [6.07, 6.45) is 2.83. The van der Waals surface area contributed by atoms with Crippen LogP contribution in [-0.4, -0.2) is 46.9 Å². The summed E-state index contributed by atoms with van der Waals surface area (Å²) in [4.78, 5) is 36.4. The van der Waals surface area contributed by atoms with Crippen LogP contribution >= 0.6 is 0 Å². The molecule has 0 aromatic heterocycles. The maximum absolute atomic E-state index is 12.1. The van der Waals surface area contributed by atoms with E-state index in [1.165, 1.54) is 0 Å². The number of carbonyl (C=O) groups excluding carboxylic acids is 2. The number of carboxylic acid groups (broad SMARTS) is 1. The Hall–Kier alpha value is -1.59. The van der Waals surface area contributed by atoms with E-state index >= 15 is 0 Å². The number of amides is 2. The highest BCUT2D eigenvalue weighted by Crippen LogP contribution is 2.23. The summed E-state index contributed by atoms with van der Waals surface area (Å²) < 4.78 is 0. The SMILES string of the molecule is CCCC(=O)NC1CCN(C(=O)CC(C)(C)C(=O)O)CC1. The minimum absolute atomic E-state index is 0.00912. The van der Waals surface area contributed by atoms with E-state index < -0.39 is 11.4 Å². The van der Waals surface area contributed by atoms with Crippen LogP contribution in [0.5, 0.6) is 0 Å². The van der Waals surface area contributed by atoms with Crippen molar-refractivity contribution in [1.82, 2.24) is 10.2 Å². The van der Waals surface area contributed by atoms with Crippen molar-refractivity contribution in [3.63, 3.8) is 0 Å². The van der Waals surface area contributed by atoms with Crippen molar-refractivity contribution in [2.24, 2.45) is 5.41 Å². The lowest BCUT2D eigenvalue weighted by Gasteiger charge is -2.34. The molecule has 6 nitrogen and oxygen atoms in total. The quantitative estimate of drug-likeness (QED) is 0.776. The van der Waals surface area contributed by atoms with E-state index in [4.69, 9.17) is 5.11 Å². The molecule has 21 heavy (non-hydrogen) atoms. The Morgan fingerprint density at radius 1 is 1.24 bits per heavy atom. The molecular formula is C15H26N2O4. The van der Waals surface area contributed by atoms with Gasteiger partial charge in [-0.05, 0) is 33.1 Å². The Morgan fingerprint density at radius 2 is 1.81 bits per heavy atom. The second kappa shape index (κ2) is 7.43. The summed E-state index contributed by atoms with van der Waals surface area (Å²) in [6, 6.07) is 0.126. The highest BCUT2D eigenvalue weighted by molar-refractivity contribution is 5.84. The zero-order valence-corrected chi connectivity index (χ0v) is 13.1. The van der Waals surface area contributed by atoms with Gasteiger partial charge in [0.15, 0.2) is 0 Å². The lowest BCUT2D eigenvalue weighted by molar-refractivity contribution is -0.151. The first kappa shape index (κ1) is 17.5. The van der Waals surface area contributed by atoms with Gasteiger partial charge in [0.25, 0.3) is 0 Å². The maximum Gasteiger partial charge on any atom is 0.309 e. The van der Waals surface area contributed by atoms with Crippen molar-refractivity contribution >= 4 is 17.8 Å². The summed E-state index contributed by atoms with van der Waals surface area (Å²) in [5.41, 5.74) is -1.04. The summed E-state index contributed by atoms with van der Waals surface area (Å²) in [7, 11) is 0. The molecule has 2 N–H and O–H groups in total. The van der Waals surface area contributed by atoms with E-state index in [9.17, 15) is 14.4 Å². The van der Waals surface area contributed by atoms with Gasteiger partial charge in [-0.3, -0.25) is 14.4 Å². The van der Waals surface area contributed by atoms with Gasteiger partial charge in [0.2, 0.25) is 11.8 Å². The average Bonchev–Trinajstić information content (AvgIpc) is 2.39. The molecule has 0 aliphatic carbocycles. The van der Waals surface area contributed by atoms with Crippen LogP contribution in [0.3, 0.4) is 0 Å². The second-order valence-electron chi connectivity index (χ2n) is 6.34. The van der Waals surface area contributed by atoms with E-state index in [2.05, 4.69) is 5.32 Å². The second-order valence-corrected chi connectivity index (χ2v) is 6.34. The average molecular weight is 298 g/mol. The van der Waals surface area contributed by atoms with Crippen LogP contribution in [0.15, 0.2) is 0 Å². The molecule has 0 radical (unpaired) electrons. The molecule has 6 heteroatoms. The molecule has 1 aliphatic heterocycles. The number of hydrogen-bond acceptors (Lipinski definition) is 3. The van der Waals surface area contributed by atoms with Gasteiger partial charge in [0.1, 0.15) is 0 Å². The van der Waals surface area contributed by atoms with Gasteiger partial charge < -0.3 is 15.3 Å². The van der Waals surface area contributed by atoms with Crippen molar-refractivity contribution in [2.45, 2.75) is 58.9 Å². The first-order valence-corrected chi connectivity index (χ1v) is 7.56. The van der Waals surface area contributed by atoms with Crippen molar-refractivity contribution < 1.29 is 19.5 Å². The van der Waals surface area contributed by atoms with Crippen LogP contribution in [0.2, 0.25) is 0 Å². The number of aliphatic carboxylic acids is 1. The van der Waals surface area contributed by atoms with Crippen LogP contribution in [0, 0.1) is 5.41 Å². The fourth-order valence-corrected chi connectivity index (χ4v) is 2.37. The first-order valence-electron chi connectivity index (χ1n) is 7.56. The number of likely N-dealkylation sites (tertiary alicyclic amines) is 1. The van der Waals surface area contributed by atoms with Crippen molar-refractivity contribution in [2.75, 3.05) is 13.1 Å². The third-order valence-corrected chi connectivity index (χ3v) is 3.86. The molecule has 0 spiro atoms. The molecule has 0 saturated carbocycles. The number of carbonyl (C=O) groups is 3. The molecule has 0 unspecified atom stereocenters. The third kappa shape index (κ3) is 5.36. The number of piperidine rings is 1. The van der Waals surface area contributed by atoms with Crippen LogP contribution in [0.1, 0.15) is 52.9 Å². The monoisotopic (exact) mass is 298 g/mol. The minimum Gasteiger partial charge on any atom is -0.481 e. The van der Waals surface area contributed by atoms with E-state index in [0.29, 0.717) is 19.5 Å². The van der Waals surface area contributed by atoms with Gasteiger partial charge in [-0.25, -0.2) is 0 Å². The zero-order valence-electron chi connectivity index (χ0n) is 13.1. The zero-order chi connectivity index (χ0) is 16.0. The lowest BCUT2D eigenvalue weighted by atomic mass is 9.88. The van der Waals surface area contributed by atoms with E-state index in [1.54, 1.807) is 18.7 Å². The molecule has 0 aromatic carbocycles. The molecule has 1 aliphatic rings. The van der Waals surface area contributed by atoms with Gasteiger partial charge in [0, 0.05) is 32.0 Å². The van der Waals surface area contributed by atoms with E-state index in [1.807, 2.05) is 6.92 Å². The standard InChI is InChI=1S/C15H26N2O4/c1-4-5-12(18)16-11-6-8-17(9-7-11)13(19)10-15(2,3)14(20)21/h11H,4-10H2,1-3H3,(H,16,18)(H,20,21). The highest BCUT2D eigenvalue weighted by atomic mass is 16.4. The predicted molar refractivity (Wildman–Crippen MR) is 78.7 cm³/mol. The fourth-order valence-electron chi connectivity index (χ4n) is 2.37. The molecule has 1 fully saturated rings. The Labute approximate surface area is 125 Å². The van der Waals surface area contributed by atoms with Crippen molar-refractivity contribution in [3.05, 3.63) is 0 Å². The molecule has 2 amide bonds. The molecule has 0 bridgehead atoms. The summed E-state index contributed by atoms with van der Waals surface area (Å²) in [6.45, 7) is 6.23.